The predicted octanol–water partition coefficient (Wildman–Crippen LogP) is 3.21. The highest BCUT2D eigenvalue weighted by molar-refractivity contribution is 5.88. The lowest BCUT2D eigenvalue weighted by Crippen LogP contribution is -2.34. The van der Waals surface area contributed by atoms with E-state index >= 15 is 0 Å². The molecule has 0 radical (unpaired) electrons. The van der Waals surface area contributed by atoms with Crippen molar-refractivity contribution in [2.75, 3.05) is 11.9 Å². The van der Waals surface area contributed by atoms with Gasteiger partial charge in [-0.1, -0.05) is 32.9 Å². The number of rotatable bonds is 7. The van der Waals surface area contributed by atoms with Crippen LogP contribution in [0.15, 0.2) is 24.3 Å². The molecule has 106 valence electrons. The highest BCUT2D eigenvalue weighted by Crippen LogP contribution is 2.10. The lowest BCUT2D eigenvalue weighted by molar-refractivity contribution is -0.114. The van der Waals surface area contributed by atoms with E-state index in [2.05, 4.69) is 43.5 Å². The van der Waals surface area contributed by atoms with Crippen molar-refractivity contribution < 1.29 is 4.79 Å². The van der Waals surface area contributed by atoms with Gasteiger partial charge in [-0.3, -0.25) is 4.79 Å². The maximum absolute atomic E-state index is 10.9. The smallest absolute Gasteiger partial charge is 0.221 e. The minimum atomic E-state index is -0.0304. The number of carbonyl (C=O) groups excluding carboxylic acids is 1. The van der Waals surface area contributed by atoms with E-state index in [9.17, 15) is 4.79 Å². The zero-order valence-electron chi connectivity index (χ0n) is 12.5. The van der Waals surface area contributed by atoms with E-state index in [0.717, 1.165) is 18.7 Å². The number of hydrogen-bond donors (Lipinski definition) is 2. The molecule has 2 N–H and O–H groups in total. The van der Waals surface area contributed by atoms with Gasteiger partial charge in [-0.15, -0.1) is 0 Å². The molecule has 1 rings (SSSR count). The van der Waals surface area contributed by atoms with Crippen LogP contribution in [0.3, 0.4) is 0 Å². The standard InChI is InChI=1S/C16H26N2O/c1-5-16(12(2)3)17-11-10-14-6-8-15(9-7-14)18-13(4)19/h6-9,12,16-17H,5,10-11H2,1-4H3,(H,18,19). The molecule has 0 saturated heterocycles. The third-order valence-corrected chi connectivity index (χ3v) is 3.34. The fourth-order valence-electron chi connectivity index (χ4n) is 2.21. The minimum Gasteiger partial charge on any atom is -0.326 e. The summed E-state index contributed by atoms with van der Waals surface area (Å²) in [5.41, 5.74) is 2.15. The van der Waals surface area contributed by atoms with Crippen molar-refractivity contribution in [2.24, 2.45) is 5.92 Å². The molecular weight excluding hydrogens is 236 g/mol. The van der Waals surface area contributed by atoms with Crippen LogP contribution in [0.2, 0.25) is 0 Å². The maximum atomic E-state index is 10.9. The van der Waals surface area contributed by atoms with Crippen LogP contribution in [0.5, 0.6) is 0 Å². The highest BCUT2D eigenvalue weighted by atomic mass is 16.1. The first-order chi connectivity index (χ1) is 9.02. The molecule has 0 bridgehead atoms. The second-order valence-electron chi connectivity index (χ2n) is 5.34. The van der Waals surface area contributed by atoms with Crippen LogP contribution in [0.1, 0.15) is 39.7 Å². The Balaban J connectivity index is 2.39. The van der Waals surface area contributed by atoms with Crippen LogP contribution < -0.4 is 10.6 Å². The van der Waals surface area contributed by atoms with Crippen LogP contribution in [0, 0.1) is 5.92 Å². The van der Waals surface area contributed by atoms with Crippen molar-refractivity contribution in [1.82, 2.24) is 5.32 Å². The molecule has 1 unspecified atom stereocenters. The molecule has 0 aromatic heterocycles. The van der Waals surface area contributed by atoms with Crippen molar-refractivity contribution in [3.05, 3.63) is 29.8 Å². The molecule has 0 aliphatic rings. The molecule has 3 nitrogen and oxygen atoms in total. The van der Waals surface area contributed by atoms with Crippen molar-refractivity contribution in [3.8, 4) is 0 Å². The van der Waals surface area contributed by atoms with E-state index in [4.69, 9.17) is 0 Å². The first-order valence-electron chi connectivity index (χ1n) is 7.12. The quantitative estimate of drug-likeness (QED) is 0.792. The average molecular weight is 262 g/mol. The molecule has 0 fully saturated rings. The van der Waals surface area contributed by atoms with E-state index in [0.29, 0.717) is 12.0 Å². The SMILES string of the molecule is CCC(NCCc1ccc(NC(C)=O)cc1)C(C)C. The molecule has 0 spiro atoms. The summed E-state index contributed by atoms with van der Waals surface area (Å²) in [7, 11) is 0. The van der Waals surface area contributed by atoms with E-state index in [1.165, 1.54) is 18.9 Å². The van der Waals surface area contributed by atoms with E-state index in [-0.39, 0.29) is 5.91 Å². The van der Waals surface area contributed by atoms with Crippen molar-refractivity contribution >= 4 is 11.6 Å². The van der Waals surface area contributed by atoms with Crippen molar-refractivity contribution in [3.63, 3.8) is 0 Å². The monoisotopic (exact) mass is 262 g/mol. The zero-order valence-corrected chi connectivity index (χ0v) is 12.5. The Hall–Kier alpha value is -1.35. The summed E-state index contributed by atoms with van der Waals surface area (Å²) in [5.74, 6) is 0.643. The molecular formula is C16H26N2O. The summed E-state index contributed by atoms with van der Waals surface area (Å²) < 4.78 is 0. The third-order valence-electron chi connectivity index (χ3n) is 3.34. The maximum Gasteiger partial charge on any atom is 0.221 e. The van der Waals surface area contributed by atoms with E-state index in [1.807, 2.05) is 12.1 Å². The normalized spacial score (nSPS) is 12.5. The number of nitrogens with one attached hydrogen (secondary N) is 2. The number of carbonyl (C=O) groups is 1. The number of amides is 1. The van der Waals surface area contributed by atoms with Gasteiger partial charge in [0, 0.05) is 18.7 Å². The van der Waals surface area contributed by atoms with Crippen molar-refractivity contribution in [1.29, 1.82) is 0 Å². The summed E-state index contributed by atoms with van der Waals surface area (Å²) >= 11 is 0. The van der Waals surface area contributed by atoms with Gasteiger partial charge in [-0.25, -0.2) is 0 Å². The Morgan fingerprint density at radius 1 is 1.21 bits per heavy atom. The van der Waals surface area contributed by atoms with Gasteiger partial charge >= 0.3 is 0 Å². The number of benzene rings is 1. The first-order valence-corrected chi connectivity index (χ1v) is 7.12. The van der Waals surface area contributed by atoms with Gasteiger partial charge in [-0.2, -0.15) is 0 Å². The van der Waals surface area contributed by atoms with Crippen LogP contribution in [0.25, 0.3) is 0 Å². The summed E-state index contributed by atoms with van der Waals surface area (Å²) in [5, 5.41) is 6.37. The summed E-state index contributed by atoms with van der Waals surface area (Å²) in [6, 6.07) is 8.65. The van der Waals surface area contributed by atoms with Crippen LogP contribution >= 0.6 is 0 Å². The molecule has 0 heterocycles. The number of anilines is 1. The Kier molecular flexibility index (Phi) is 6.57. The van der Waals surface area contributed by atoms with Crippen LogP contribution in [-0.2, 0) is 11.2 Å². The van der Waals surface area contributed by atoms with Gasteiger partial charge in [0.05, 0.1) is 0 Å². The third kappa shape index (κ3) is 5.88. The summed E-state index contributed by atoms with van der Waals surface area (Å²) in [6.45, 7) is 9.25. The van der Waals surface area contributed by atoms with Crippen LogP contribution in [-0.4, -0.2) is 18.5 Å². The second-order valence-corrected chi connectivity index (χ2v) is 5.34. The van der Waals surface area contributed by atoms with Crippen molar-refractivity contribution in [2.45, 2.75) is 46.6 Å². The molecule has 1 aromatic rings. The molecule has 1 aromatic carbocycles. The molecule has 1 amide bonds. The largest absolute Gasteiger partial charge is 0.326 e. The fourth-order valence-corrected chi connectivity index (χ4v) is 2.21. The molecule has 19 heavy (non-hydrogen) atoms. The topological polar surface area (TPSA) is 41.1 Å². The van der Waals surface area contributed by atoms with Gasteiger partial charge in [0.2, 0.25) is 5.91 Å². The summed E-state index contributed by atoms with van der Waals surface area (Å²) in [6.07, 6.45) is 2.18. The minimum absolute atomic E-state index is 0.0304. The van der Waals surface area contributed by atoms with Gasteiger partial charge in [-0.05, 0) is 43.0 Å². The fraction of sp³-hybridized carbons (Fsp3) is 0.562. The van der Waals surface area contributed by atoms with E-state index in [1.54, 1.807) is 0 Å². The molecule has 1 atom stereocenters. The Morgan fingerprint density at radius 3 is 2.32 bits per heavy atom. The van der Waals surface area contributed by atoms with Crippen LogP contribution in [0.4, 0.5) is 5.69 Å². The Morgan fingerprint density at radius 2 is 1.84 bits per heavy atom. The Bertz CT molecular complexity index is 384. The van der Waals surface area contributed by atoms with Gasteiger partial charge in [0.15, 0.2) is 0 Å². The number of hydrogen-bond acceptors (Lipinski definition) is 2. The Labute approximate surface area is 116 Å². The van der Waals surface area contributed by atoms with Gasteiger partial charge < -0.3 is 10.6 Å². The first kappa shape index (κ1) is 15.7. The zero-order chi connectivity index (χ0) is 14.3. The highest BCUT2D eigenvalue weighted by Gasteiger charge is 2.09. The summed E-state index contributed by atoms with van der Waals surface area (Å²) in [4.78, 5) is 10.9. The average Bonchev–Trinajstić information content (AvgIpc) is 2.35. The lowest BCUT2D eigenvalue weighted by atomic mass is 10.0. The van der Waals surface area contributed by atoms with E-state index < -0.39 is 0 Å². The van der Waals surface area contributed by atoms with Gasteiger partial charge in [0.25, 0.3) is 0 Å². The molecule has 0 aliphatic heterocycles. The molecule has 0 saturated carbocycles. The molecule has 3 heteroatoms. The van der Waals surface area contributed by atoms with Gasteiger partial charge in [0.1, 0.15) is 0 Å². The lowest BCUT2D eigenvalue weighted by Gasteiger charge is -2.20. The molecule has 0 aliphatic carbocycles. The second kappa shape index (κ2) is 7.95. The predicted molar refractivity (Wildman–Crippen MR) is 81.4 cm³/mol.